The van der Waals surface area contributed by atoms with Crippen molar-refractivity contribution < 1.29 is 19.4 Å². The van der Waals surface area contributed by atoms with Crippen molar-refractivity contribution in [3.63, 3.8) is 0 Å². The molecule has 2 aromatic rings. The highest BCUT2D eigenvalue weighted by molar-refractivity contribution is 6.31. The summed E-state index contributed by atoms with van der Waals surface area (Å²) >= 11 is 6.24. The van der Waals surface area contributed by atoms with Crippen molar-refractivity contribution in [3.05, 3.63) is 64.7 Å². The number of hydrogen-bond acceptors (Lipinski definition) is 3. The Labute approximate surface area is 163 Å². The molecule has 5 nitrogen and oxygen atoms in total. The Morgan fingerprint density at radius 2 is 1.85 bits per heavy atom. The highest BCUT2D eigenvalue weighted by Gasteiger charge is 2.50. The highest BCUT2D eigenvalue weighted by Crippen LogP contribution is 2.49. The van der Waals surface area contributed by atoms with Crippen LogP contribution in [0.5, 0.6) is 5.75 Å². The van der Waals surface area contributed by atoms with Crippen LogP contribution in [0.3, 0.4) is 0 Å². The van der Waals surface area contributed by atoms with E-state index in [0.717, 1.165) is 24.0 Å². The van der Waals surface area contributed by atoms with Gasteiger partial charge in [0.05, 0.1) is 11.5 Å². The molecule has 1 atom stereocenters. The number of hydrogen-bond donors (Lipinski definition) is 2. The van der Waals surface area contributed by atoms with E-state index in [9.17, 15) is 9.59 Å². The van der Waals surface area contributed by atoms with Crippen LogP contribution in [0.4, 0.5) is 0 Å². The summed E-state index contributed by atoms with van der Waals surface area (Å²) < 4.78 is 5.13. The molecule has 0 saturated heterocycles. The van der Waals surface area contributed by atoms with Crippen molar-refractivity contribution >= 4 is 23.5 Å². The number of rotatable bonds is 8. The van der Waals surface area contributed by atoms with Crippen molar-refractivity contribution in [1.82, 2.24) is 5.32 Å². The summed E-state index contributed by atoms with van der Waals surface area (Å²) in [5.74, 6) is -0.494. The maximum absolute atomic E-state index is 12.8. The van der Waals surface area contributed by atoms with E-state index in [2.05, 4.69) is 5.32 Å². The van der Waals surface area contributed by atoms with Gasteiger partial charge in [0.15, 0.2) is 6.61 Å². The lowest BCUT2D eigenvalue weighted by atomic mass is 9.94. The molecule has 1 aliphatic carbocycles. The molecule has 0 spiro atoms. The van der Waals surface area contributed by atoms with Gasteiger partial charge in [-0.3, -0.25) is 4.79 Å². The molecule has 27 heavy (non-hydrogen) atoms. The topological polar surface area (TPSA) is 75.6 Å². The van der Waals surface area contributed by atoms with Gasteiger partial charge < -0.3 is 15.2 Å². The molecule has 142 valence electrons. The Morgan fingerprint density at radius 1 is 1.19 bits per heavy atom. The van der Waals surface area contributed by atoms with Gasteiger partial charge in [0.1, 0.15) is 5.75 Å². The average molecular weight is 388 g/mol. The number of carboxylic acid groups (broad SMARTS) is 1. The highest BCUT2D eigenvalue weighted by atomic mass is 35.5. The van der Waals surface area contributed by atoms with E-state index in [4.69, 9.17) is 21.4 Å². The maximum Gasteiger partial charge on any atom is 0.341 e. The number of halogens is 1. The van der Waals surface area contributed by atoms with Crippen LogP contribution in [-0.2, 0) is 16.0 Å². The zero-order valence-corrected chi connectivity index (χ0v) is 15.8. The van der Waals surface area contributed by atoms with Crippen molar-refractivity contribution in [3.8, 4) is 5.75 Å². The van der Waals surface area contributed by atoms with Crippen molar-refractivity contribution in [2.24, 2.45) is 5.41 Å². The predicted molar refractivity (Wildman–Crippen MR) is 103 cm³/mol. The third kappa shape index (κ3) is 4.80. The molecule has 1 fully saturated rings. The molecule has 6 heteroatoms. The van der Waals surface area contributed by atoms with Crippen LogP contribution in [0.25, 0.3) is 0 Å². The minimum Gasteiger partial charge on any atom is -0.482 e. The molecule has 0 bridgehead atoms. The van der Waals surface area contributed by atoms with Crippen LogP contribution in [0.1, 0.15) is 36.9 Å². The molecule has 0 aliphatic heterocycles. The van der Waals surface area contributed by atoms with E-state index < -0.39 is 5.97 Å². The fourth-order valence-corrected chi connectivity index (χ4v) is 3.27. The van der Waals surface area contributed by atoms with Gasteiger partial charge in [-0.15, -0.1) is 0 Å². The zero-order valence-electron chi connectivity index (χ0n) is 15.1. The Kier molecular flexibility index (Phi) is 5.71. The lowest BCUT2D eigenvalue weighted by Gasteiger charge is -2.20. The Morgan fingerprint density at radius 3 is 2.44 bits per heavy atom. The van der Waals surface area contributed by atoms with Gasteiger partial charge in [0.2, 0.25) is 5.91 Å². The Balaban J connectivity index is 1.60. The molecule has 1 aliphatic rings. The second-order valence-electron chi connectivity index (χ2n) is 7.00. The number of carbonyl (C=O) groups excluding carboxylic acids is 1. The lowest BCUT2D eigenvalue weighted by Crippen LogP contribution is -2.35. The van der Waals surface area contributed by atoms with Crippen LogP contribution in [-0.4, -0.2) is 23.6 Å². The molecular formula is C21H22ClNO4. The third-order valence-corrected chi connectivity index (χ3v) is 5.28. The van der Waals surface area contributed by atoms with E-state index in [1.54, 1.807) is 12.1 Å². The van der Waals surface area contributed by atoms with Gasteiger partial charge in [-0.05, 0) is 55.5 Å². The SMILES string of the molecule is CC(NC(=O)C1(Cc2ccccc2Cl)CC1)c1ccc(OCC(=O)O)cc1. The first kappa shape index (κ1) is 19.2. The number of benzene rings is 2. The van der Waals surface area contributed by atoms with Crippen molar-refractivity contribution in [2.45, 2.75) is 32.2 Å². The third-order valence-electron chi connectivity index (χ3n) is 4.91. The summed E-state index contributed by atoms with van der Waals surface area (Å²) in [6, 6.07) is 14.6. The first-order chi connectivity index (χ1) is 12.9. The molecule has 1 amide bonds. The monoisotopic (exact) mass is 387 g/mol. The second-order valence-corrected chi connectivity index (χ2v) is 7.40. The molecule has 1 unspecified atom stereocenters. The molecule has 3 rings (SSSR count). The number of nitrogens with one attached hydrogen (secondary N) is 1. The molecular weight excluding hydrogens is 366 g/mol. The van der Waals surface area contributed by atoms with Gasteiger partial charge in [-0.2, -0.15) is 0 Å². The van der Waals surface area contributed by atoms with Crippen LogP contribution in [0.15, 0.2) is 48.5 Å². The van der Waals surface area contributed by atoms with Gasteiger partial charge in [0.25, 0.3) is 0 Å². The van der Waals surface area contributed by atoms with Crippen molar-refractivity contribution in [1.29, 1.82) is 0 Å². The average Bonchev–Trinajstić information content (AvgIpc) is 3.43. The minimum absolute atomic E-state index is 0.0427. The summed E-state index contributed by atoms with van der Waals surface area (Å²) in [4.78, 5) is 23.4. The normalized spacial score (nSPS) is 15.6. The van der Waals surface area contributed by atoms with E-state index in [1.165, 1.54) is 0 Å². The fourth-order valence-electron chi connectivity index (χ4n) is 3.07. The number of carboxylic acids is 1. The summed E-state index contributed by atoms with van der Waals surface area (Å²) in [6.45, 7) is 1.55. The molecule has 1 saturated carbocycles. The van der Waals surface area contributed by atoms with Gasteiger partial charge >= 0.3 is 5.97 Å². The quantitative estimate of drug-likeness (QED) is 0.717. The van der Waals surface area contributed by atoms with E-state index in [-0.39, 0.29) is 24.0 Å². The summed E-state index contributed by atoms with van der Waals surface area (Å²) in [5, 5.41) is 12.4. The number of ether oxygens (including phenoxy) is 1. The molecule has 0 radical (unpaired) electrons. The summed E-state index contributed by atoms with van der Waals surface area (Å²) in [7, 11) is 0. The molecule has 2 N–H and O–H groups in total. The Hall–Kier alpha value is -2.53. The minimum atomic E-state index is -1.02. The molecule has 2 aromatic carbocycles. The van der Waals surface area contributed by atoms with Crippen LogP contribution in [0.2, 0.25) is 5.02 Å². The smallest absolute Gasteiger partial charge is 0.341 e. The summed E-state index contributed by atoms with van der Waals surface area (Å²) in [5.41, 5.74) is 1.56. The van der Waals surface area contributed by atoms with E-state index >= 15 is 0 Å². The summed E-state index contributed by atoms with van der Waals surface area (Å²) in [6.07, 6.45) is 2.37. The Bertz CT molecular complexity index is 830. The second kappa shape index (κ2) is 8.01. The standard InChI is InChI=1S/C21H22ClNO4/c1-14(15-6-8-17(9-7-15)27-13-19(24)25)23-20(26)21(10-11-21)12-16-4-2-3-5-18(16)22/h2-9,14H,10-13H2,1H3,(H,23,26)(H,24,25). The predicted octanol–water partition coefficient (Wildman–Crippen LogP) is 4.00. The van der Waals surface area contributed by atoms with Gasteiger partial charge in [0, 0.05) is 5.02 Å². The molecule has 0 heterocycles. The van der Waals surface area contributed by atoms with Crippen LogP contribution >= 0.6 is 11.6 Å². The fraction of sp³-hybridized carbons (Fsp3) is 0.333. The number of aliphatic carboxylic acids is 1. The number of carbonyl (C=O) groups is 2. The van der Waals surface area contributed by atoms with Gasteiger partial charge in [-0.1, -0.05) is 41.9 Å². The number of amides is 1. The van der Waals surface area contributed by atoms with Crippen LogP contribution < -0.4 is 10.1 Å². The maximum atomic E-state index is 12.8. The van der Waals surface area contributed by atoms with Crippen molar-refractivity contribution in [2.75, 3.05) is 6.61 Å². The van der Waals surface area contributed by atoms with Gasteiger partial charge in [-0.25, -0.2) is 4.79 Å². The van der Waals surface area contributed by atoms with E-state index in [0.29, 0.717) is 17.2 Å². The largest absolute Gasteiger partial charge is 0.482 e. The zero-order chi connectivity index (χ0) is 19.4. The first-order valence-electron chi connectivity index (χ1n) is 8.88. The first-order valence-corrected chi connectivity index (χ1v) is 9.26. The van der Waals surface area contributed by atoms with E-state index in [1.807, 2.05) is 43.3 Å². The lowest BCUT2D eigenvalue weighted by molar-refractivity contribution is -0.139. The molecule has 0 aromatic heterocycles. The van der Waals surface area contributed by atoms with Crippen LogP contribution in [0, 0.1) is 5.41 Å².